The van der Waals surface area contributed by atoms with Crippen molar-refractivity contribution >= 4 is 15.9 Å². The van der Waals surface area contributed by atoms with Gasteiger partial charge in [0.15, 0.2) is 11.5 Å². The van der Waals surface area contributed by atoms with Gasteiger partial charge in [-0.1, -0.05) is 30.3 Å². The van der Waals surface area contributed by atoms with Crippen LogP contribution in [-0.4, -0.2) is 21.1 Å². The Morgan fingerprint density at radius 2 is 1.74 bits per heavy atom. The molecule has 4 rings (SSSR count). The molecule has 3 aromatic rings. The predicted molar refractivity (Wildman–Crippen MR) is 111 cm³/mol. The Morgan fingerprint density at radius 3 is 2.58 bits per heavy atom. The van der Waals surface area contributed by atoms with Crippen LogP contribution >= 0.6 is 0 Å². The average molecular weight is 442 g/mol. The molecule has 0 radical (unpaired) electrons. The summed E-state index contributed by atoms with van der Waals surface area (Å²) in [5.74, 6) is 0.244. The fraction of sp³-hybridized carbons (Fsp3) is 0.136. The number of rotatable bonds is 7. The third-order valence-corrected chi connectivity index (χ3v) is 6.11. The highest BCUT2D eigenvalue weighted by atomic mass is 32.2. The first-order chi connectivity index (χ1) is 14.9. The van der Waals surface area contributed by atoms with Crippen molar-refractivity contribution in [1.82, 2.24) is 10.0 Å². The number of hydrogen-bond acceptors (Lipinski definition) is 5. The Morgan fingerprint density at radius 1 is 0.935 bits per heavy atom. The highest BCUT2D eigenvalue weighted by Crippen LogP contribution is 2.32. The first-order valence-corrected chi connectivity index (χ1v) is 10.9. The molecular weight excluding hydrogens is 423 g/mol. The molecule has 2 N–H and O–H groups in total. The maximum Gasteiger partial charge on any atom is 0.251 e. The molecule has 1 amide bonds. The number of ether oxygens (including phenoxy) is 2. The summed E-state index contributed by atoms with van der Waals surface area (Å²) in [6.45, 7) is 0.170. The van der Waals surface area contributed by atoms with Crippen LogP contribution in [0.5, 0.6) is 11.5 Å². The van der Waals surface area contributed by atoms with E-state index in [1.807, 2.05) is 0 Å². The van der Waals surface area contributed by atoms with Crippen LogP contribution in [0.2, 0.25) is 0 Å². The third kappa shape index (κ3) is 4.84. The molecular formula is C22H19FN2O5S. The first-order valence-electron chi connectivity index (χ1n) is 9.42. The Hall–Kier alpha value is -3.43. The monoisotopic (exact) mass is 442 g/mol. The van der Waals surface area contributed by atoms with Crippen molar-refractivity contribution in [3.8, 4) is 11.5 Å². The second kappa shape index (κ2) is 8.75. The number of carbonyl (C=O) groups is 1. The lowest BCUT2D eigenvalue weighted by Gasteiger charge is -2.10. The second-order valence-electron chi connectivity index (χ2n) is 6.81. The third-order valence-electron chi connectivity index (χ3n) is 4.71. The van der Waals surface area contributed by atoms with Gasteiger partial charge < -0.3 is 14.8 Å². The highest BCUT2D eigenvalue weighted by molar-refractivity contribution is 7.89. The van der Waals surface area contributed by atoms with E-state index in [2.05, 4.69) is 10.0 Å². The topological polar surface area (TPSA) is 93.7 Å². The van der Waals surface area contributed by atoms with Crippen LogP contribution in [0.1, 0.15) is 21.5 Å². The zero-order chi connectivity index (χ0) is 21.8. The number of fused-ring (bicyclic) bond motifs is 1. The Balaban J connectivity index is 1.42. The first kappa shape index (κ1) is 20.8. The van der Waals surface area contributed by atoms with E-state index in [9.17, 15) is 17.6 Å². The van der Waals surface area contributed by atoms with Gasteiger partial charge in [-0.15, -0.1) is 0 Å². The van der Waals surface area contributed by atoms with Crippen LogP contribution in [0.25, 0.3) is 0 Å². The predicted octanol–water partition coefficient (Wildman–Crippen LogP) is 2.96. The van der Waals surface area contributed by atoms with Crippen LogP contribution in [0, 0.1) is 5.82 Å². The zero-order valence-corrected chi connectivity index (χ0v) is 17.1. The number of benzene rings is 3. The van der Waals surface area contributed by atoms with E-state index in [1.165, 1.54) is 30.3 Å². The molecule has 0 aromatic heterocycles. The van der Waals surface area contributed by atoms with Crippen molar-refractivity contribution in [2.24, 2.45) is 0 Å². The average Bonchev–Trinajstić information content (AvgIpc) is 3.25. The summed E-state index contributed by atoms with van der Waals surface area (Å²) in [4.78, 5) is 12.4. The summed E-state index contributed by atoms with van der Waals surface area (Å²) in [5.41, 5.74) is 1.19. The number of carbonyl (C=O) groups excluding carboxylic acids is 1. The summed E-state index contributed by atoms with van der Waals surface area (Å²) in [6, 6.07) is 16.9. The second-order valence-corrected chi connectivity index (χ2v) is 8.58. The fourth-order valence-corrected chi connectivity index (χ4v) is 4.10. The van der Waals surface area contributed by atoms with Gasteiger partial charge in [0.25, 0.3) is 5.91 Å². The summed E-state index contributed by atoms with van der Waals surface area (Å²) < 4.78 is 52.1. The highest BCUT2D eigenvalue weighted by Gasteiger charge is 2.18. The summed E-state index contributed by atoms with van der Waals surface area (Å²) >= 11 is 0. The van der Waals surface area contributed by atoms with Gasteiger partial charge in [-0.05, 0) is 42.0 Å². The van der Waals surface area contributed by atoms with Gasteiger partial charge in [0.05, 0.1) is 4.90 Å². The van der Waals surface area contributed by atoms with Crippen molar-refractivity contribution in [3.63, 3.8) is 0 Å². The molecule has 1 aliphatic rings. The maximum absolute atomic E-state index is 13.7. The fourth-order valence-electron chi connectivity index (χ4n) is 3.04. The molecule has 31 heavy (non-hydrogen) atoms. The molecule has 0 bridgehead atoms. The van der Waals surface area contributed by atoms with E-state index in [4.69, 9.17) is 9.47 Å². The minimum absolute atomic E-state index is 0.00908. The zero-order valence-electron chi connectivity index (χ0n) is 16.3. The lowest BCUT2D eigenvalue weighted by Crippen LogP contribution is -2.25. The van der Waals surface area contributed by atoms with Crippen molar-refractivity contribution < 1.29 is 27.1 Å². The molecule has 0 atom stereocenters. The normalized spacial score (nSPS) is 12.5. The molecule has 0 fully saturated rings. The van der Waals surface area contributed by atoms with E-state index in [1.54, 1.807) is 36.4 Å². The molecule has 0 unspecified atom stereocenters. The summed E-state index contributed by atoms with van der Waals surface area (Å²) in [6.07, 6.45) is 0. The van der Waals surface area contributed by atoms with Crippen molar-refractivity contribution in [2.45, 2.75) is 18.0 Å². The molecule has 3 aromatic carbocycles. The molecule has 7 nitrogen and oxygen atoms in total. The van der Waals surface area contributed by atoms with Crippen LogP contribution < -0.4 is 19.5 Å². The van der Waals surface area contributed by atoms with E-state index < -0.39 is 21.7 Å². The standard InChI is InChI=1S/C22H19FN2O5S/c23-19-7-2-1-4-17(19)13-24-22(26)16-5-3-6-18(11-16)31(27,28)25-12-15-8-9-20-21(10-15)30-14-29-20/h1-11,25H,12-14H2,(H,24,26). The molecule has 0 aliphatic carbocycles. The quantitative estimate of drug-likeness (QED) is 0.587. The number of nitrogens with one attached hydrogen (secondary N) is 2. The SMILES string of the molecule is O=C(NCc1ccccc1F)c1cccc(S(=O)(=O)NCc2ccc3c(c2)OCO3)c1. The summed E-state index contributed by atoms with van der Waals surface area (Å²) in [5, 5.41) is 2.60. The van der Waals surface area contributed by atoms with Crippen molar-refractivity contribution in [2.75, 3.05) is 6.79 Å². The smallest absolute Gasteiger partial charge is 0.251 e. The van der Waals surface area contributed by atoms with Gasteiger partial charge in [-0.3, -0.25) is 4.79 Å². The van der Waals surface area contributed by atoms with Crippen molar-refractivity contribution in [3.05, 3.63) is 89.2 Å². The number of amides is 1. The molecule has 160 valence electrons. The Kier molecular flexibility index (Phi) is 5.88. The Labute approximate surface area is 178 Å². The minimum atomic E-state index is -3.86. The molecule has 0 saturated heterocycles. The van der Waals surface area contributed by atoms with Gasteiger partial charge >= 0.3 is 0 Å². The lowest BCUT2D eigenvalue weighted by atomic mass is 10.2. The lowest BCUT2D eigenvalue weighted by molar-refractivity contribution is 0.0950. The van der Waals surface area contributed by atoms with Gasteiger partial charge in [0, 0.05) is 24.2 Å². The van der Waals surface area contributed by atoms with Gasteiger partial charge in [0.2, 0.25) is 16.8 Å². The molecule has 1 aliphatic heterocycles. The van der Waals surface area contributed by atoms with E-state index in [-0.39, 0.29) is 30.3 Å². The molecule has 1 heterocycles. The maximum atomic E-state index is 13.7. The summed E-state index contributed by atoms with van der Waals surface area (Å²) in [7, 11) is -3.86. The molecule has 9 heteroatoms. The van der Waals surface area contributed by atoms with Gasteiger partial charge in [-0.25, -0.2) is 17.5 Å². The van der Waals surface area contributed by atoms with Crippen LogP contribution in [0.3, 0.4) is 0 Å². The van der Waals surface area contributed by atoms with E-state index in [0.717, 1.165) is 0 Å². The van der Waals surface area contributed by atoms with Crippen LogP contribution in [-0.2, 0) is 23.1 Å². The number of halogens is 1. The van der Waals surface area contributed by atoms with E-state index in [0.29, 0.717) is 22.6 Å². The molecule has 0 saturated carbocycles. The van der Waals surface area contributed by atoms with Crippen LogP contribution in [0.15, 0.2) is 71.6 Å². The Bertz CT molecular complexity index is 1230. The molecule has 0 spiro atoms. The van der Waals surface area contributed by atoms with Crippen LogP contribution in [0.4, 0.5) is 4.39 Å². The minimum Gasteiger partial charge on any atom is -0.454 e. The number of hydrogen-bond donors (Lipinski definition) is 2. The van der Waals surface area contributed by atoms with Gasteiger partial charge in [-0.2, -0.15) is 0 Å². The van der Waals surface area contributed by atoms with Gasteiger partial charge in [0.1, 0.15) is 5.82 Å². The van der Waals surface area contributed by atoms with Crippen molar-refractivity contribution in [1.29, 1.82) is 0 Å². The van der Waals surface area contributed by atoms with E-state index >= 15 is 0 Å². The number of sulfonamides is 1. The largest absolute Gasteiger partial charge is 0.454 e.